The average molecular weight is 227 g/mol. The number of carbonyl (C=O) groups excluding carboxylic acids is 2. The highest BCUT2D eigenvalue weighted by Crippen LogP contribution is 2.12. The Labute approximate surface area is 97.3 Å². The first-order valence-corrected chi connectivity index (χ1v) is 5.53. The minimum Gasteiger partial charge on any atom is -0.462 e. The van der Waals surface area contributed by atoms with Crippen LogP contribution in [0.4, 0.5) is 0 Å². The van der Waals surface area contributed by atoms with Crippen molar-refractivity contribution in [3.63, 3.8) is 0 Å². The van der Waals surface area contributed by atoms with Gasteiger partial charge in [-0.25, -0.2) is 4.79 Å². The van der Waals surface area contributed by atoms with Crippen LogP contribution < -0.4 is 0 Å². The van der Waals surface area contributed by atoms with Crippen LogP contribution in [0.2, 0.25) is 0 Å². The second kappa shape index (κ2) is 7.04. The van der Waals surface area contributed by atoms with Crippen LogP contribution in [0.3, 0.4) is 0 Å². The minimum absolute atomic E-state index is 0.126. The number of hydrogen-bond donors (Lipinski definition) is 0. The molecule has 92 valence electrons. The molecule has 0 radical (unpaired) electrons. The molecule has 0 saturated heterocycles. The normalized spacial score (nSPS) is 13.2. The molecule has 4 nitrogen and oxygen atoms in total. The number of ketones is 1. The molecule has 0 bridgehead atoms. The summed E-state index contributed by atoms with van der Waals surface area (Å²) >= 11 is 0. The van der Waals surface area contributed by atoms with Gasteiger partial charge in [0, 0.05) is 26.2 Å². The van der Waals surface area contributed by atoms with Gasteiger partial charge in [0.1, 0.15) is 5.57 Å². The second-order valence-corrected chi connectivity index (χ2v) is 3.90. The van der Waals surface area contributed by atoms with E-state index >= 15 is 0 Å². The zero-order valence-corrected chi connectivity index (χ0v) is 10.7. The summed E-state index contributed by atoms with van der Waals surface area (Å²) in [6, 6.07) is 0. The Kier molecular flexibility index (Phi) is 6.46. The van der Waals surface area contributed by atoms with E-state index in [0.717, 1.165) is 0 Å². The molecule has 0 fully saturated rings. The van der Waals surface area contributed by atoms with E-state index in [9.17, 15) is 9.59 Å². The highest BCUT2D eigenvalue weighted by atomic mass is 16.5. The maximum absolute atomic E-state index is 11.9. The molecule has 4 heteroatoms. The number of esters is 1. The lowest BCUT2D eigenvalue weighted by atomic mass is 9.97. The summed E-state index contributed by atoms with van der Waals surface area (Å²) in [6.45, 7) is 5.72. The third-order valence-corrected chi connectivity index (χ3v) is 2.21. The maximum atomic E-state index is 11.9. The van der Waals surface area contributed by atoms with E-state index < -0.39 is 5.97 Å². The van der Waals surface area contributed by atoms with E-state index in [1.54, 1.807) is 25.9 Å². The van der Waals surface area contributed by atoms with Gasteiger partial charge < -0.3 is 9.64 Å². The number of Topliss-reactive ketones (excluding diaryl/α,β-unsaturated/α-hetero) is 1. The minimum atomic E-state index is -0.540. The number of hydrogen-bond acceptors (Lipinski definition) is 4. The van der Waals surface area contributed by atoms with Crippen LogP contribution in [0, 0.1) is 5.92 Å². The van der Waals surface area contributed by atoms with Crippen molar-refractivity contribution in [3.8, 4) is 0 Å². The molecule has 0 aromatic heterocycles. The molecule has 1 unspecified atom stereocenters. The highest BCUT2D eigenvalue weighted by Gasteiger charge is 2.23. The van der Waals surface area contributed by atoms with Gasteiger partial charge in [0.2, 0.25) is 0 Å². The molecule has 0 heterocycles. The Bertz CT molecular complexity index is 282. The van der Waals surface area contributed by atoms with Gasteiger partial charge in [-0.05, 0) is 13.3 Å². The highest BCUT2D eigenvalue weighted by molar-refractivity contribution is 6.17. The lowest BCUT2D eigenvalue weighted by Crippen LogP contribution is -2.23. The van der Waals surface area contributed by atoms with Gasteiger partial charge in [-0.1, -0.05) is 13.8 Å². The number of nitrogens with zero attached hydrogens (tertiary/aromatic N) is 1. The van der Waals surface area contributed by atoms with Crippen molar-refractivity contribution < 1.29 is 14.3 Å². The summed E-state index contributed by atoms with van der Waals surface area (Å²) < 4.78 is 4.87. The summed E-state index contributed by atoms with van der Waals surface area (Å²) in [5.41, 5.74) is 0.126. The molecule has 0 aliphatic rings. The van der Waals surface area contributed by atoms with Gasteiger partial charge in [0.05, 0.1) is 6.61 Å². The Morgan fingerprint density at radius 3 is 2.25 bits per heavy atom. The molecule has 0 aromatic carbocycles. The lowest BCUT2D eigenvalue weighted by molar-refractivity contribution is -0.140. The van der Waals surface area contributed by atoms with E-state index in [-0.39, 0.29) is 23.9 Å². The Balaban J connectivity index is 4.95. The molecule has 0 aromatic rings. The van der Waals surface area contributed by atoms with E-state index in [0.29, 0.717) is 6.42 Å². The van der Waals surface area contributed by atoms with E-state index in [1.807, 2.05) is 13.8 Å². The van der Waals surface area contributed by atoms with Gasteiger partial charge in [0.25, 0.3) is 0 Å². The predicted molar refractivity (Wildman–Crippen MR) is 62.9 cm³/mol. The number of ether oxygens (including phenoxy) is 1. The maximum Gasteiger partial charge on any atom is 0.343 e. The SMILES string of the molecule is CCOC(=O)/C(=C/N(C)C)C(=O)C(C)CC. The van der Waals surface area contributed by atoms with Crippen LogP contribution in [0.5, 0.6) is 0 Å². The fraction of sp³-hybridized carbons (Fsp3) is 0.667. The summed E-state index contributed by atoms with van der Waals surface area (Å²) in [4.78, 5) is 25.2. The lowest BCUT2D eigenvalue weighted by Gasteiger charge is -2.13. The molecular formula is C12H21NO3. The van der Waals surface area contributed by atoms with Crippen LogP contribution in [0.15, 0.2) is 11.8 Å². The van der Waals surface area contributed by atoms with Crippen molar-refractivity contribution in [2.24, 2.45) is 5.92 Å². The molecule has 0 rings (SSSR count). The first kappa shape index (κ1) is 14.7. The molecule has 1 atom stereocenters. The van der Waals surface area contributed by atoms with Gasteiger partial charge in [-0.15, -0.1) is 0 Å². The Morgan fingerprint density at radius 2 is 1.88 bits per heavy atom. The van der Waals surface area contributed by atoms with Gasteiger partial charge in [-0.3, -0.25) is 4.79 Å². The van der Waals surface area contributed by atoms with Crippen LogP contribution in [-0.4, -0.2) is 37.4 Å². The fourth-order valence-electron chi connectivity index (χ4n) is 1.13. The van der Waals surface area contributed by atoms with Crippen LogP contribution in [-0.2, 0) is 14.3 Å². The molecule has 0 aliphatic carbocycles. The number of carbonyl (C=O) groups is 2. The zero-order chi connectivity index (χ0) is 12.7. The number of rotatable bonds is 6. The Morgan fingerprint density at radius 1 is 1.31 bits per heavy atom. The molecule has 16 heavy (non-hydrogen) atoms. The van der Waals surface area contributed by atoms with E-state index in [1.165, 1.54) is 6.20 Å². The van der Waals surface area contributed by atoms with Crippen molar-refractivity contribution in [2.75, 3.05) is 20.7 Å². The Hall–Kier alpha value is -1.32. The smallest absolute Gasteiger partial charge is 0.343 e. The quantitative estimate of drug-likeness (QED) is 0.299. The second-order valence-electron chi connectivity index (χ2n) is 3.90. The summed E-state index contributed by atoms with van der Waals surface area (Å²) in [6.07, 6.45) is 2.23. The van der Waals surface area contributed by atoms with Crippen LogP contribution in [0.1, 0.15) is 27.2 Å². The molecule has 0 saturated carbocycles. The molecule has 0 amide bonds. The molecule has 0 N–H and O–H groups in total. The third kappa shape index (κ3) is 4.47. The fourth-order valence-corrected chi connectivity index (χ4v) is 1.13. The molecular weight excluding hydrogens is 206 g/mol. The van der Waals surface area contributed by atoms with Gasteiger partial charge in [0.15, 0.2) is 5.78 Å². The predicted octanol–water partition coefficient (Wildman–Crippen LogP) is 1.61. The van der Waals surface area contributed by atoms with Crippen molar-refractivity contribution in [2.45, 2.75) is 27.2 Å². The molecule has 0 spiro atoms. The van der Waals surface area contributed by atoms with Crippen LogP contribution >= 0.6 is 0 Å². The zero-order valence-electron chi connectivity index (χ0n) is 10.7. The standard InChI is InChI=1S/C12H21NO3/c1-6-9(3)11(14)10(8-13(4)5)12(15)16-7-2/h8-9H,6-7H2,1-5H3/b10-8+. The molecule has 0 aliphatic heterocycles. The van der Waals surface area contributed by atoms with Crippen molar-refractivity contribution in [1.82, 2.24) is 4.90 Å². The van der Waals surface area contributed by atoms with E-state index in [4.69, 9.17) is 4.74 Å². The third-order valence-electron chi connectivity index (χ3n) is 2.21. The van der Waals surface area contributed by atoms with Crippen LogP contribution in [0.25, 0.3) is 0 Å². The topological polar surface area (TPSA) is 46.6 Å². The first-order valence-electron chi connectivity index (χ1n) is 5.53. The first-order chi connectivity index (χ1) is 7.43. The largest absolute Gasteiger partial charge is 0.462 e. The van der Waals surface area contributed by atoms with Gasteiger partial charge in [-0.2, -0.15) is 0 Å². The average Bonchev–Trinajstić information content (AvgIpc) is 2.23. The van der Waals surface area contributed by atoms with Crippen molar-refractivity contribution >= 4 is 11.8 Å². The van der Waals surface area contributed by atoms with E-state index in [2.05, 4.69) is 0 Å². The van der Waals surface area contributed by atoms with Crippen molar-refractivity contribution in [1.29, 1.82) is 0 Å². The van der Waals surface area contributed by atoms with Gasteiger partial charge >= 0.3 is 5.97 Å². The summed E-state index contributed by atoms with van der Waals surface area (Å²) in [5.74, 6) is -0.855. The van der Waals surface area contributed by atoms with Crippen molar-refractivity contribution in [3.05, 3.63) is 11.8 Å². The summed E-state index contributed by atoms with van der Waals surface area (Å²) in [7, 11) is 3.53. The monoisotopic (exact) mass is 227 g/mol. The summed E-state index contributed by atoms with van der Waals surface area (Å²) in [5, 5.41) is 0.